The van der Waals surface area contributed by atoms with Crippen molar-refractivity contribution in [3.05, 3.63) is 53.9 Å². The molecule has 2 aromatic rings. The molecule has 0 aliphatic carbocycles. The molecule has 0 unspecified atom stereocenters. The van der Waals surface area contributed by atoms with Gasteiger partial charge in [-0.05, 0) is 36.2 Å². The zero-order valence-electron chi connectivity index (χ0n) is 8.98. The van der Waals surface area contributed by atoms with E-state index < -0.39 is 0 Å². The Balaban J connectivity index is 2.20. The van der Waals surface area contributed by atoms with E-state index in [4.69, 9.17) is 16.3 Å². The highest BCUT2D eigenvalue weighted by molar-refractivity contribution is 6.17. The summed E-state index contributed by atoms with van der Waals surface area (Å²) in [4.78, 5) is 4.06. The first kappa shape index (κ1) is 11.0. The first-order valence-electron chi connectivity index (χ1n) is 5.02. The number of alkyl halides is 1. The quantitative estimate of drug-likeness (QED) is 0.750. The summed E-state index contributed by atoms with van der Waals surface area (Å²) in [5.74, 6) is 1.97. The Morgan fingerprint density at radius 3 is 2.81 bits per heavy atom. The molecule has 0 bridgehead atoms. The van der Waals surface area contributed by atoms with Crippen molar-refractivity contribution in [1.82, 2.24) is 4.98 Å². The molecule has 16 heavy (non-hydrogen) atoms. The van der Waals surface area contributed by atoms with Crippen LogP contribution in [0.4, 0.5) is 0 Å². The van der Waals surface area contributed by atoms with Crippen LogP contribution in [0.5, 0.6) is 11.5 Å². The van der Waals surface area contributed by atoms with Gasteiger partial charge in [-0.15, -0.1) is 11.6 Å². The Bertz CT molecular complexity index is 485. The van der Waals surface area contributed by atoms with E-state index in [1.165, 1.54) is 5.56 Å². The first-order valence-corrected chi connectivity index (χ1v) is 5.56. The van der Waals surface area contributed by atoms with Gasteiger partial charge in [0, 0.05) is 12.1 Å². The maximum Gasteiger partial charge on any atom is 0.146 e. The van der Waals surface area contributed by atoms with Crippen molar-refractivity contribution in [2.45, 2.75) is 12.8 Å². The zero-order valence-corrected chi connectivity index (χ0v) is 9.74. The lowest BCUT2D eigenvalue weighted by atomic mass is 10.2. The number of pyridine rings is 1. The van der Waals surface area contributed by atoms with Crippen LogP contribution in [0, 0.1) is 6.92 Å². The Morgan fingerprint density at radius 1 is 1.19 bits per heavy atom. The van der Waals surface area contributed by atoms with Crippen molar-refractivity contribution < 1.29 is 4.74 Å². The highest BCUT2D eigenvalue weighted by Gasteiger charge is 1.99. The summed E-state index contributed by atoms with van der Waals surface area (Å²) in [5.41, 5.74) is 2.12. The van der Waals surface area contributed by atoms with E-state index in [0.717, 1.165) is 11.3 Å². The monoisotopic (exact) mass is 233 g/mol. The molecule has 0 atom stereocenters. The van der Waals surface area contributed by atoms with Crippen LogP contribution in [0.2, 0.25) is 0 Å². The molecule has 82 valence electrons. The van der Waals surface area contributed by atoms with E-state index in [9.17, 15) is 0 Å². The van der Waals surface area contributed by atoms with Crippen molar-refractivity contribution in [2.75, 3.05) is 0 Å². The molecule has 3 heteroatoms. The summed E-state index contributed by atoms with van der Waals surface area (Å²) in [6.07, 6.45) is 3.41. The van der Waals surface area contributed by atoms with Gasteiger partial charge >= 0.3 is 0 Å². The molecular formula is C13H12ClNO. The smallest absolute Gasteiger partial charge is 0.146 e. The van der Waals surface area contributed by atoms with Gasteiger partial charge < -0.3 is 4.74 Å². The largest absolute Gasteiger partial charge is 0.456 e. The third-order valence-corrected chi connectivity index (χ3v) is 2.46. The molecule has 0 radical (unpaired) electrons. The van der Waals surface area contributed by atoms with E-state index >= 15 is 0 Å². The molecule has 0 spiro atoms. The van der Waals surface area contributed by atoms with Crippen LogP contribution in [0.15, 0.2) is 42.7 Å². The molecule has 0 fully saturated rings. The lowest BCUT2D eigenvalue weighted by molar-refractivity contribution is 0.479. The molecule has 0 N–H and O–H groups in total. The van der Waals surface area contributed by atoms with Gasteiger partial charge in [-0.2, -0.15) is 0 Å². The summed E-state index contributed by atoms with van der Waals surface area (Å²) in [7, 11) is 0. The van der Waals surface area contributed by atoms with Gasteiger partial charge in [-0.3, -0.25) is 4.98 Å². The highest BCUT2D eigenvalue weighted by atomic mass is 35.5. The molecule has 0 aliphatic heterocycles. The van der Waals surface area contributed by atoms with Crippen LogP contribution in [0.1, 0.15) is 11.1 Å². The number of aryl methyl sites for hydroxylation is 1. The van der Waals surface area contributed by atoms with Gasteiger partial charge in [0.2, 0.25) is 0 Å². The van der Waals surface area contributed by atoms with Crippen LogP contribution in [0.3, 0.4) is 0 Å². The van der Waals surface area contributed by atoms with E-state index in [-0.39, 0.29) is 0 Å². The number of halogens is 1. The van der Waals surface area contributed by atoms with Crippen LogP contribution in [-0.2, 0) is 5.88 Å². The van der Waals surface area contributed by atoms with Gasteiger partial charge in [0.05, 0.1) is 6.20 Å². The standard InChI is InChI=1S/C13H12ClNO/c1-10-3-2-4-12(5-10)16-13-6-11(7-14)8-15-9-13/h2-6,8-9H,7H2,1H3. The summed E-state index contributed by atoms with van der Waals surface area (Å²) in [5, 5.41) is 0. The molecule has 2 nitrogen and oxygen atoms in total. The molecule has 2 rings (SSSR count). The Morgan fingerprint density at radius 2 is 2.06 bits per heavy atom. The predicted octanol–water partition coefficient (Wildman–Crippen LogP) is 3.92. The van der Waals surface area contributed by atoms with Gasteiger partial charge in [-0.1, -0.05) is 12.1 Å². The Kier molecular flexibility index (Phi) is 3.42. The van der Waals surface area contributed by atoms with Crippen LogP contribution < -0.4 is 4.74 Å². The molecule has 1 aromatic carbocycles. The number of nitrogens with zero attached hydrogens (tertiary/aromatic N) is 1. The molecule has 0 amide bonds. The Labute approximate surface area is 99.9 Å². The predicted molar refractivity (Wildman–Crippen MR) is 65.0 cm³/mol. The van der Waals surface area contributed by atoms with Crippen molar-refractivity contribution in [3.8, 4) is 11.5 Å². The topological polar surface area (TPSA) is 22.1 Å². The lowest BCUT2D eigenvalue weighted by Crippen LogP contribution is -1.88. The van der Waals surface area contributed by atoms with E-state index in [0.29, 0.717) is 11.6 Å². The fourth-order valence-electron chi connectivity index (χ4n) is 1.41. The van der Waals surface area contributed by atoms with Crippen molar-refractivity contribution >= 4 is 11.6 Å². The molecular weight excluding hydrogens is 222 g/mol. The van der Waals surface area contributed by atoms with E-state index in [2.05, 4.69) is 4.98 Å². The van der Waals surface area contributed by atoms with Crippen molar-refractivity contribution in [3.63, 3.8) is 0 Å². The summed E-state index contributed by atoms with van der Waals surface area (Å²) >= 11 is 5.73. The Hall–Kier alpha value is -1.54. The SMILES string of the molecule is Cc1cccc(Oc2cncc(CCl)c2)c1. The average Bonchev–Trinajstić information content (AvgIpc) is 2.29. The molecule has 1 heterocycles. The molecule has 1 aromatic heterocycles. The minimum Gasteiger partial charge on any atom is -0.456 e. The number of ether oxygens (including phenoxy) is 1. The number of hydrogen-bond acceptors (Lipinski definition) is 2. The average molecular weight is 234 g/mol. The second-order valence-electron chi connectivity index (χ2n) is 3.58. The number of aromatic nitrogens is 1. The second-order valence-corrected chi connectivity index (χ2v) is 3.85. The van der Waals surface area contributed by atoms with Crippen LogP contribution >= 0.6 is 11.6 Å². The summed E-state index contributed by atoms with van der Waals surface area (Å²) in [6, 6.07) is 9.78. The van der Waals surface area contributed by atoms with Gasteiger partial charge in [0.25, 0.3) is 0 Å². The normalized spacial score (nSPS) is 10.1. The first-order chi connectivity index (χ1) is 7.78. The minimum atomic E-state index is 0.442. The summed E-state index contributed by atoms with van der Waals surface area (Å²) < 4.78 is 5.68. The number of rotatable bonds is 3. The van der Waals surface area contributed by atoms with Gasteiger partial charge in [0.1, 0.15) is 11.5 Å². The molecule has 0 saturated heterocycles. The highest BCUT2D eigenvalue weighted by Crippen LogP contribution is 2.22. The third kappa shape index (κ3) is 2.74. The van der Waals surface area contributed by atoms with Crippen LogP contribution in [0.25, 0.3) is 0 Å². The fourth-order valence-corrected chi connectivity index (χ4v) is 1.55. The third-order valence-electron chi connectivity index (χ3n) is 2.15. The van der Waals surface area contributed by atoms with Crippen molar-refractivity contribution in [1.29, 1.82) is 0 Å². The van der Waals surface area contributed by atoms with Gasteiger partial charge in [0.15, 0.2) is 0 Å². The molecule has 0 aliphatic rings. The maximum absolute atomic E-state index is 5.73. The molecule has 0 saturated carbocycles. The number of hydrogen-bond donors (Lipinski definition) is 0. The van der Waals surface area contributed by atoms with E-state index in [1.54, 1.807) is 12.4 Å². The number of benzene rings is 1. The zero-order chi connectivity index (χ0) is 11.4. The second kappa shape index (κ2) is 4.99. The maximum atomic E-state index is 5.73. The lowest BCUT2D eigenvalue weighted by Gasteiger charge is -2.06. The fraction of sp³-hybridized carbons (Fsp3) is 0.154. The van der Waals surface area contributed by atoms with Gasteiger partial charge in [-0.25, -0.2) is 0 Å². The van der Waals surface area contributed by atoms with Crippen molar-refractivity contribution in [2.24, 2.45) is 0 Å². The summed E-state index contributed by atoms with van der Waals surface area (Å²) in [6.45, 7) is 2.03. The van der Waals surface area contributed by atoms with E-state index in [1.807, 2.05) is 37.3 Å². The van der Waals surface area contributed by atoms with Crippen LogP contribution in [-0.4, -0.2) is 4.98 Å². The minimum absolute atomic E-state index is 0.442.